The largest absolute Gasteiger partial charge is 0.494 e. The quantitative estimate of drug-likeness (QED) is 0.441. The van der Waals surface area contributed by atoms with Crippen molar-refractivity contribution in [1.82, 2.24) is 0 Å². The van der Waals surface area contributed by atoms with Crippen molar-refractivity contribution in [2.45, 2.75) is 19.8 Å². The van der Waals surface area contributed by atoms with Gasteiger partial charge in [0.15, 0.2) is 5.17 Å². The van der Waals surface area contributed by atoms with Gasteiger partial charge >= 0.3 is 10.1 Å². The van der Waals surface area contributed by atoms with E-state index in [1.54, 1.807) is 24.3 Å². The highest BCUT2D eigenvalue weighted by Crippen LogP contribution is 2.15. The van der Waals surface area contributed by atoms with Crippen LogP contribution in [0.3, 0.4) is 0 Å². The molecule has 0 aliphatic rings. The van der Waals surface area contributed by atoms with Crippen LogP contribution in [-0.2, 0) is 14.4 Å². The molecule has 1 aromatic carbocycles. The first-order valence-corrected chi connectivity index (χ1v) is 7.97. The Hall–Kier alpha value is -1.27. The van der Waals surface area contributed by atoms with Gasteiger partial charge in [0, 0.05) is 5.56 Å². The van der Waals surface area contributed by atoms with Gasteiger partial charge in [-0.1, -0.05) is 30.1 Å². The van der Waals surface area contributed by atoms with E-state index in [-0.39, 0.29) is 5.17 Å². The smallest absolute Gasteiger partial charge is 0.325 e. The first-order valence-electron chi connectivity index (χ1n) is 5.77. The van der Waals surface area contributed by atoms with Crippen LogP contribution < -0.4 is 4.74 Å². The van der Waals surface area contributed by atoms with Crippen molar-refractivity contribution in [1.29, 1.82) is 0 Å². The van der Waals surface area contributed by atoms with E-state index in [2.05, 4.69) is 16.4 Å². The number of ether oxygens (including phenoxy) is 1. The van der Waals surface area contributed by atoms with Crippen molar-refractivity contribution in [2.24, 2.45) is 5.16 Å². The topological polar surface area (TPSA) is 65.0 Å². The molecule has 0 spiro atoms. The minimum absolute atomic E-state index is 0.0365. The maximum atomic E-state index is 10.8. The number of nitrogens with zero attached hydrogens (tertiary/aromatic N) is 1. The summed E-state index contributed by atoms with van der Waals surface area (Å²) in [5.41, 5.74) is 0.549. The van der Waals surface area contributed by atoms with Crippen molar-refractivity contribution < 1.29 is 17.4 Å². The van der Waals surface area contributed by atoms with Gasteiger partial charge in [0.25, 0.3) is 0 Å². The molecule has 19 heavy (non-hydrogen) atoms. The summed E-state index contributed by atoms with van der Waals surface area (Å²) in [4.78, 5) is 0. The fourth-order valence-corrected chi connectivity index (χ4v) is 1.59. The molecule has 5 nitrogen and oxygen atoms in total. The van der Waals surface area contributed by atoms with Crippen molar-refractivity contribution in [3.63, 3.8) is 0 Å². The van der Waals surface area contributed by atoms with Crippen LogP contribution in [-0.4, -0.2) is 26.5 Å². The van der Waals surface area contributed by atoms with E-state index < -0.39 is 10.1 Å². The molecule has 0 aliphatic heterocycles. The van der Waals surface area contributed by atoms with Crippen molar-refractivity contribution in [3.8, 4) is 5.75 Å². The second kappa shape index (κ2) is 7.35. The normalized spacial score (nSPS) is 12.3. The highest BCUT2D eigenvalue weighted by Gasteiger charge is 2.05. The fraction of sp³-hybridized carbons (Fsp3) is 0.417. The summed E-state index contributed by atoms with van der Waals surface area (Å²) >= 11 is 5.81. The average molecular weight is 306 g/mol. The third-order valence-corrected chi connectivity index (χ3v) is 2.74. The molecule has 0 heterocycles. The second-order valence-corrected chi connectivity index (χ2v) is 5.80. The summed E-state index contributed by atoms with van der Waals surface area (Å²) < 4.78 is 31.3. The van der Waals surface area contributed by atoms with Gasteiger partial charge in [-0.25, -0.2) is 0 Å². The number of unbranched alkanes of at least 4 members (excludes halogenated alkanes) is 1. The summed E-state index contributed by atoms with van der Waals surface area (Å²) in [7, 11) is -3.65. The molecule has 0 fully saturated rings. The zero-order chi connectivity index (χ0) is 14.3. The lowest BCUT2D eigenvalue weighted by Gasteiger charge is -2.05. The Labute approximate surface area is 118 Å². The lowest BCUT2D eigenvalue weighted by Crippen LogP contribution is -2.01. The van der Waals surface area contributed by atoms with Crippen LogP contribution in [0.15, 0.2) is 29.4 Å². The Morgan fingerprint density at radius 1 is 1.32 bits per heavy atom. The number of oxime groups is 1. The van der Waals surface area contributed by atoms with Crippen LogP contribution in [0, 0.1) is 0 Å². The molecular formula is C12H16ClNO4S. The summed E-state index contributed by atoms with van der Waals surface area (Å²) in [6.45, 7) is 2.75. The lowest BCUT2D eigenvalue weighted by atomic mass is 10.2. The molecule has 0 amide bonds. The summed E-state index contributed by atoms with van der Waals surface area (Å²) in [5.74, 6) is 0.727. The number of hydrogen-bond acceptors (Lipinski definition) is 5. The number of halogens is 1. The van der Waals surface area contributed by atoms with Crippen molar-refractivity contribution >= 4 is 26.9 Å². The molecule has 0 aromatic heterocycles. The van der Waals surface area contributed by atoms with Gasteiger partial charge in [0.2, 0.25) is 0 Å². The highest BCUT2D eigenvalue weighted by atomic mass is 35.5. The van der Waals surface area contributed by atoms with E-state index in [1.807, 2.05) is 0 Å². The van der Waals surface area contributed by atoms with Crippen LogP contribution in [0.25, 0.3) is 0 Å². The summed E-state index contributed by atoms with van der Waals surface area (Å²) in [6, 6.07) is 6.84. The highest BCUT2D eigenvalue weighted by molar-refractivity contribution is 7.85. The van der Waals surface area contributed by atoms with Crippen LogP contribution in [0.5, 0.6) is 5.75 Å². The number of rotatable bonds is 7. The molecule has 0 bridgehead atoms. The Morgan fingerprint density at radius 3 is 2.47 bits per heavy atom. The molecule has 1 aromatic rings. The minimum atomic E-state index is -3.65. The minimum Gasteiger partial charge on any atom is -0.494 e. The van der Waals surface area contributed by atoms with Gasteiger partial charge in [-0.15, -0.1) is 0 Å². The third kappa shape index (κ3) is 6.45. The molecule has 0 atom stereocenters. The molecule has 0 unspecified atom stereocenters. The first kappa shape index (κ1) is 15.8. The predicted octanol–water partition coefficient (Wildman–Crippen LogP) is 2.74. The van der Waals surface area contributed by atoms with E-state index in [0.29, 0.717) is 12.2 Å². The van der Waals surface area contributed by atoms with Gasteiger partial charge in [0.05, 0.1) is 12.9 Å². The van der Waals surface area contributed by atoms with E-state index in [9.17, 15) is 8.42 Å². The molecule has 0 radical (unpaired) electrons. The van der Waals surface area contributed by atoms with Gasteiger partial charge < -0.3 is 4.74 Å². The molecule has 0 saturated carbocycles. The molecular weight excluding hydrogens is 290 g/mol. The predicted molar refractivity (Wildman–Crippen MR) is 75.2 cm³/mol. The molecule has 0 saturated heterocycles. The molecule has 0 N–H and O–H groups in total. The van der Waals surface area contributed by atoms with Gasteiger partial charge in [-0.05, 0) is 30.7 Å². The maximum absolute atomic E-state index is 10.8. The van der Waals surface area contributed by atoms with Crippen molar-refractivity contribution in [2.75, 3.05) is 12.9 Å². The van der Waals surface area contributed by atoms with Gasteiger partial charge in [-0.2, -0.15) is 8.42 Å². The summed E-state index contributed by atoms with van der Waals surface area (Å²) in [6.07, 6.45) is 2.96. The third-order valence-electron chi connectivity index (χ3n) is 2.11. The van der Waals surface area contributed by atoms with Gasteiger partial charge in [0.1, 0.15) is 5.75 Å². The van der Waals surface area contributed by atoms with E-state index in [4.69, 9.17) is 16.3 Å². The Bertz CT molecular complexity index is 525. The van der Waals surface area contributed by atoms with Crippen molar-refractivity contribution in [3.05, 3.63) is 29.8 Å². The summed E-state index contributed by atoms with van der Waals surface area (Å²) in [5, 5.41) is 3.29. The maximum Gasteiger partial charge on any atom is 0.325 e. The van der Waals surface area contributed by atoms with Gasteiger partial charge in [-0.3, -0.25) is 4.28 Å². The monoisotopic (exact) mass is 305 g/mol. The van der Waals surface area contributed by atoms with Crippen LogP contribution >= 0.6 is 11.6 Å². The van der Waals surface area contributed by atoms with Crippen LogP contribution in [0.2, 0.25) is 0 Å². The zero-order valence-corrected chi connectivity index (χ0v) is 12.4. The number of hydrogen-bond donors (Lipinski definition) is 0. The number of benzene rings is 1. The molecule has 0 aliphatic carbocycles. The standard InChI is InChI=1S/C12H16ClNO4S/c1-3-4-9-17-11-7-5-10(6-8-11)12(13)14-18-19(2,15)16/h5-8H,3-4,9H2,1-2H3/b14-12-. The second-order valence-electron chi connectivity index (χ2n) is 3.89. The molecule has 1 rings (SSSR count). The molecule has 106 valence electrons. The molecule has 7 heteroatoms. The Kier molecular flexibility index (Phi) is 6.11. The average Bonchev–Trinajstić information content (AvgIpc) is 2.36. The lowest BCUT2D eigenvalue weighted by molar-refractivity contribution is 0.309. The SMILES string of the molecule is CCCCOc1ccc(/C(Cl)=N/OS(C)(=O)=O)cc1. The van der Waals surface area contributed by atoms with Crippen LogP contribution in [0.4, 0.5) is 0 Å². The van der Waals surface area contributed by atoms with E-state index >= 15 is 0 Å². The van der Waals surface area contributed by atoms with E-state index in [1.165, 1.54) is 0 Å². The Morgan fingerprint density at radius 2 is 1.95 bits per heavy atom. The first-order chi connectivity index (χ1) is 8.92. The Balaban J connectivity index is 2.65. The zero-order valence-electron chi connectivity index (χ0n) is 10.8. The fourth-order valence-electron chi connectivity index (χ4n) is 1.18. The van der Waals surface area contributed by atoms with Crippen LogP contribution in [0.1, 0.15) is 25.3 Å². The van der Waals surface area contributed by atoms with E-state index in [0.717, 1.165) is 24.8 Å².